The Balaban J connectivity index is 1.67. The van der Waals surface area contributed by atoms with Crippen LogP contribution >= 0.6 is 0 Å². The van der Waals surface area contributed by atoms with Gasteiger partial charge >= 0.3 is 0 Å². The van der Waals surface area contributed by atoms with E-state index in [0.717, 1.165) is 32.6 Å². The lowest BCUT2D eigenvalue weighted by molar-refractivity contribution is -0.135. The van der Waals surface area contributed by atoms with Crippen molar-refractivity contribution >= 4 is 11.8 Å². The predicted octanol–water partition coefficient (Wildman–Crippen LogP) is 6.32. The van der Waals surface area contributed by atoms with Crippen molar-refractivity contribution in [1.29, 1.82) is 0 Å². The lowest BCUT2D eigenvalue weighted by Crippen LogP contribution is -2.50. The molecule has 6 heteroatoms. The molecule has 6 nitrogen and oxygen atoms in total. The molecule has 1 aliphatic carbocycles. The fraction of sp³-hybridized carbons (Fsp3) is 0.935. The van der Waals surface area contributed by atoms with Gasteiger partial charge < -0.3 is 15.0 Å². The Hall–Kier alpha value is -1.14. The van der Waals surface area contributed by atoms with E-state index in [0.29, 0.717) is 37.8 Å². The molecule has 0 unspecified atom stereocenters. The van der Waals surface area contributed by atoms with Gasteiger partial charge in [-0.05, 0) is 73.1 Å². The Morgan fingerprint density at radius 2 is 1.38 bits per heavy atom. The predicted molar refractivity (Wildman–Crippen MR) is 154 cm³/mol. The normalized spacial score (nSPS) is 20.0. The molecule has 1 aliphatic heterocycles. The Bertz CT molecular complexity index is 657. The summed E-state index contributed by atoms with van der Waals surface area (Å²) in [5.41, 5.74) is -0.656. The highest BCUT2D eigenvalue weighted by molar-refractivity contribution is 5.77. The number of hydrogen-bond donors (Lipinski definition) is 1. The molecule has 0 aromatic rings. The van der Waals surface area contributed by atoms with E-state index in [-0.39, 0.29) is 23.0 Å². The molecule has 0 aromatic heterocycles. The maximum atomic E-state index is 12.9. The average Bonchev–Trinajstić information content (AvgIpc) is 2.88. The fourth-order valence-corrected chi connectivity index (χ4v) is 5.74. The molecule has 216 valence electrons. The summed E-state index contributed by atoms with van der Waals surface area (Å²) in [6.45, 7) is 16.9. The Morgan fingerprint density at radius 3 is 1.92 bits per heavy atom. The van der Waals surface area contributed by atoms with Gasteiger partial charge in [0.05, 0.1) is 5.60 Å². The van der Waals surface area contributed by atoms with Crippen molar-refractivity contribution in [1.82, 2.24) is 15.1 Å². The van der Waals surface area contributed by atoms with Crippen molar-refractivity contribution in [2.24, 2.45) is 5.92 Å². The second-order valence-electron chi connectivity index (χ2n) is 13.3. The Kier molecular flexibility index (Phi) is 13.9. The number of amides is 2. The number of piperazine rings is 1. The van der Waals surface area contributed by atoms with Crippen molar-refractivity contribution in [3.63, 3.8) is 0 Å². The molecular weight excluding hydrogens is 462 g/mol. The van der Waals surface area contributed by atoms with Gasteiger partial charge in [-0.25, -0.2) is 0 Å². The van der Waals surface area contributed by atoms with Crippen LogP contribution in [0.2, 0.25) is 0 Å². The van der Waals surface area contributed by atoms with E-state index in [1.54, 1.807) is 0 Å². The molecule has 0 bridgehead atoms. The molecule has 2 aliphatic rings. The summed E-state index contributed by atoms with van der Waals surface area (Å²) in [5, 5.41) is 3.29. The molecule has 0 spiro atoms. The van der Waals surface area contributed by atoms with E-state index in [2.05, 4.69) is 51.8 Å². The summed E-state index contributed by atoms with van der Waals surface area (Å²) in [5.74, 6) is 0.950. The molecule has 37 heavy (non-hydrogen) atoms. The summed E-state index contributed by atoms with van der Waals surface area (Å²) in [7, 11) is 0. The van der Waals surface area contributed by atoms with Gasteiger partial charge in [-0.15, -0.1) is 0 Å². The van der Waals surface area contributed by atoms with Gasteiger partial charge in [-0.3, -0.25) is 14.5 Å². The molecule has 1 saturated heterocycles. The highest BCUT2D eigenvalue weighted by atomic mass is 16.5. The molecule has 0 radical (unpaired) electrons. The van der Waals surface area contributed by atoms with Gasteiger partial charge in [-0.1, -0.05) is 51.4 Å². The number of rotatable bonds is 11. The quantitative estimate of drug-likeness (QED) is 0.346. The highest BCUT2D eigenvalue weighted by Crippen LogP contribution is 2.25. The van der Waals surface area contributed by atoms with Crippen molar-refractivity contribution in [2.45, 2.75) is 149 Å². The molecule has 1 N–H and O–H groups in total. The monoisotopic (exact) mass is 521 g/mol. The van der Waals surface area contributed by atoms with Gasteiger partial charge in [0.25, 0.3) is 0 Å². The van der Waals surface area contributed by atoms with Crippen molar-refractivity contribution in [3.05, 3.63) is 0 Å². The molecular formula is C31H59N3O3. The number of carbonyl (C=O) groups is 2. The van der Waals surface area contributed by atoms with Gasteiger partial charge in [0.1, 0.15) is 0 Å². The minimum atomic E-state index is -0.357. The second-order valence-corrected chi connectivity index (χ2v) is 13.3. The number of ether oxygens (including phenoxy) is 1. The highest BCUT2D eigenvalue weighted by Gasteiger charge is 2.27. The first-order valence-electron chi connectivity index (χ1n) is 15.4. The molecule has 0 aromatic carbocycles. The van der Waals surface area contributed by atoms with Crippen LogP contribution in [0, 0.1) is 5.92 Å². The zero-order chi connectivity index (χ0) is 27.3. The summed E-state index contributed by atoms with van der Waals surface area (Å²) in [6.07, 6.45) is 15.7. The molecule has 2 fully saturated rings. The summed E-state index contributed by atoms with van der Waals surface area (Å²) in [4.78, 5) is 30.1. The van der Waals surface area contributed by atoms with Crippen LogP contribution in [0.3, 0.4) is 0 Å². The zero-order valence-electron chi connectivity index (χ0n) is 25.2. The van der Waals surface area contributed by atoms with Crippen LogP contribution in [-0.2, 0) is 14.3 Å². The molecule has 2 rings (SSSR count). The lowest BCUT2D eigenvalue weighted by atomic mass is 9.91. The third kappa shape index (κ3) is 13.5. The van der Waals surface area contributed by atoms with Gasteiger partial charge in [0, 0.05) is 57.2 Å². The number of nitrogens with one attached hydrogen (secondary N) is 1. The van der Waals surface area contributed by atoms with E-state index >= 15 is 0 Å². The maximum absolute atomic E-state index is 12.9. The molecule has 2 amide bonds. The smallest absolute Gasteiger partial charge is 0.222 e. The Morgan fingerprint density at radius 1 is 0.838 bits per heavy atom. The minimum Gasteiger partial charge on any atom is -0.375 e. The van der Waals surface area contributed by atoms with E-state index < -0.39 is 0 Å². The van der Waals surface area contributed by atoms with Crippen LogP contribution in [0.1, 0.15) is 131 Å². The average molecular weight is 522 g/mol. The SMILES string of the molecule is CC(C)N1CCN(C(=O)CCC(C)(C)OCCC(C)(C)NC(=O)CC2CCCCCCCCCC2)CC1. The first-order chi connectivity index (χ1) is 17.5. The topological polar surface area (TPSA) is 61.9 Å². The maximum Gasteiger partial charge on any atom is 0.222 e. The Labute approximate surface area is 228 Å². The van der Waals surface area contributed by atoms with Crippen molar-refractivity contribution < 1.29 is 14.3 Å². The van der Waals surface area contributed by atoms with Crippen LogP contribution in [-0.4, -0.2) is 71.6 Å². The van der Waals surface area contributed by atoms with E-state index in [1.807, 2.05) is 4.90 Å². The summed E-state index contributed by atoms with van der Waals surface area (Å²) >= 11 is 0. The number of carbonyl (C=O) groups excluding carboxylic acids is 2. The summed E-state index contributed by atoms with van der Waals surface area (Å²) < 4.78 is 6.22. The van der Waals surface area contributed by atoms with Gasteiger partial charge in [0.15, 0.2) is 0 Å². The number of hydrogen-bond acceptors (Lipinski definition) is 4. The van der Waals surface area contributed by atoms with Crippen LogP contribution < -0.4 is 5.32 Å². The van der Waals surface area contributed by atoms with E-state index in [1.165, 1.54) is 64.2 Å². The lowest BCUT2D eigenvalue weighted by Gasteiger charge is -2.37. The van der Waals surface area contributed by atoms with Crippen LogP contribution in [0.15, 0.2) is 0 Å². The molecule has 0 atom stereocenters. The molecule has 1 heterocycles. The largest absolute Gasteiger partial charge is 0.375 e. The van der Waals surface area contributed by atoms with Crippen LogP contribution in [0.5, 0.6) is 0 Å². The molecule has 1 saturated carbocycles. The van der Waals surface area contributed by atoms with Crippen LogP contribution in [0.25, 0.3) is 0 Å². The third-order valence-corrected chi connectivity index (χ3v) is 8.48. The second kappa shape index (κ2) is 16.1. The minimum absolute atomic E-state index is 0.187. The first kappa shape index (κ1) is 32.1. The van der Waals surface area contributed by atoms with Crippen LogP contribution in [0.4, 0.5) is 0 Å². The van der Waals surface area contributed by atoms with E-state index in [4.69, 9.17) is 4.74 Å². The van der Waals surface area contributed by atoms with E-state index in [9.17, 15) is 9.59 Å². The van der Waals surface area contributed by atoms with Gasteiger partial charge in [0.2, 0.25) is 11.8 Å². The third-order valence-electron chi connectivity index (χ3n) is 8.48. The number of nitrogens with zero attached hydrogens (tertiary/aromatic N) is 2. The van der Waals surface area contributed by atoms with Gasteiger partial charge in [-0.2, -0.15) is 0 Å². The fourth-order valence-electron chi connectivity index (χ4n) is 5.74. The first-order valence-corrected chi connectivity index (χ1v) is 15.4. The standard InChI is InChI=1S/C31H59N3O3/c1-26(2)33-20-22-34(23-21-33)29(36)17-18-31(5,6)37-24-19-30(3,4)32-28(35)25-27-15-13-11-9-7-8-10-12-14-16-27/h26-27H,7-25H2,1-6H3,(H,32,35). The summed E-state index contributed by atoms with van der Waals surface area (Å²) in [6, 6.07) is 0.541. The van der Waals surface area contributed by atoms with Crippen molar-refractivity contribution in [3.8, 4) is 0 Å². The zero-order valence-corrected chi connectivity index (χ0v) is 25.2. The van der Waals surface area contributed by atoms with Crippen molar-refractivity contribution in [2.75, 3.05) is 32.8 Å².